The van der Waals surface area contributed by atoms with E-state index in [1.807, 2.05) is 26.0 Å². The maximum atomic E-state index is 12.3. The minimum absolute atomic E-state index is 0.216. The minimum Gasteiger partial charge on any atom is -0.464 e. The SMILES string of the molecule is CCCCCC(C)(Nc1ccc(Cl)c(Br)c1)C(=O)OCC. The van der Waals surface area contributed by atoms with Crippen molar-refractivity contribution in [1.82, 2.24) is 0 Å². The first-order valence-electron chi connectivity index (χ1n) is 7.33. The van der Waals surface area contributed by atoms with E-state index >= 15 is 0 Å². The molecule has 0 aliphatic rings. The number of carbonyl (C=O) groups is 1. The van der Waals surface area contributed by atoms with E-state index in [0.29, 0.717) is 11.6 Å². The summed E-state index contributed by atoms with van der Waals surface area (Å²) in [5, 5.41) is 3.95. The van der Waals surface area contributed by atoms with Gasteiger partial charge in [-0.1, -0.05) is 37.8 Å². The molecule has 0 fully saturated rings. The number of hydrogen-bond donors (Lipinski definition) is 1. The van der Waals surface area contributed by atoms with Crippen molar-refractivity contribution >= 4 is 39.2 Å². The summed E-state index contributed by atoms with van der Waals surface area (Å²) in [5.41, 5.74) is 0.122. The van der Waals surface area contributed by atoms with Crippen molar-refractivity contribution in [3.63, 3.8) is 0 Å². The van der Waals surface area contributed by atoms with Crippen LogP contribution >= 0.6 is 27.5 Å². The molecule has 21 heavy (non-hydrogen) atoms. The van der Waals surface area contributed by atoms with E-state index in [0.717, 1.165) is 35.8 Å². The number of carbonyl (C=O) groups excluding carboxylic acids is 1. The molecule has 1 N–H and O–H groups in total. The number of esters is 1. The van der Waals surface area contributed by atoms with Crippen LogP contribution in [-0.2, 0) is 9.53 Å². The number of unbranched alkanes of at least 4 members (excludes halogenated alkanes) is 2. The van der Waals surface area contributed by atoms with Crippen LogP contribution in [0.2, 0.25) is 5.02 Å². The maximum Gasteiger partial charge on any atom is 0.331 e. The second-order valence-electron chi connectivity index (χ2n) is 5.26. The Morgan fingerprint density at radius 1 is 1.38 bits per heavy atom. The number of hydrogen-bond acceptors (Lipinski definition) is 3. The average Bonchev–Trinajstić information content (AvgIpc) is 2.43. The Morgan fingerprint density at radius 2 is 2.10 bits per heavy atom. The molecule has 1 unspecified atom stereocenters. The van der Waals surface area contributed by atoms with Crippen LogP contribution in [0, 0.1) is 0 Å². The lowest BCUT2D eigenvalue weighted by Crippen LogP contribution is -2.44. The van der Waals surface area contributed by atoms with Crippen LogP contribution in [0.1, 0.15) is 46.5 Å². The van der Waals surface area contributed by atoms with Crippen LogP contribution in [0.3, 0.4) is 0 Å². The Balaban J connectivity index is 2.89. The van der Waals surface area contributed by atoms with Crippen molar-refractivity contribution in [2.45, 2.75) is 52.0 Å². The van der Waals surface area contributed by atoms with Crippen LogP contribution in [0.4, 0.5) is 5.69 Å². The van der Waals surface area contributed by atoms with Crippen LogP contribution in [0.25, 0.3) is 0 Å². The zero-order valence-electron chi connectivity index (χ0n) is 12.8. The standard InChI is InChI=1S/C16H23BrClNO2/c1-4-6-7-10-16(3,15(20)21-5-2)19-12-8-9-14(18)13(17)11-12/h8-9,11,19H,4-7,10H2,1-3H3. The first-order chi connectivity index (χ1) is 9.92. The highest BCUT2D eigenvalue weighted by Gasteiger charge is 2.34. The second-order valence-corrected chi connectivity index (χ2v) is 6.53. The van der Waals surface area contributed by atoms with E-state index in [-0.39, 0.29) is 5.97 Å². The summed E-state index contributed by atoms with van der Waals surface area (Å²) in [4.78, 5) is 12.3. The van der Waals surface area contributed by atoms with Gasteiger partial charge in [-0.25, -0.2) is 4.79 Å². The predicted molar refractivity (Wildman–Crippen MR) is 92.0 cm³/mol. The van der Waals surface area contributed by atoms with Gasteiger partial charge in [0.25, 0.3) is 0 Å². The molecule has 1 rings (SSSR count). The van der Waals surface area contributed by atoms with Gasteiger partial charge in [-0.15, -0.1) is 0 Å². The molecule has 0 amide bonds. The topological polar surface area (TPSA) is 38.3 Å². The summed E-state index contributed by atoms with van der Waals surface area (Å²) in [6.07, 6.45) is 3.93. The van der Waals surface area contributed by atoms with Crippen LogP contribution in [0.5, 0.6) is 0 Å². The van der Waals surface area contributed by atoms with Gasteiger partial charge < -0.3 is 10.1 Å². The molecule has 1 aromatic carbocycles. The molecule has 3 nitrogen and oxygen atoms in total. The molecule has 0 saturated heterocycles. The van der Waals surface area contributed by atoms with Gasteiger partial charge in [-0.3, -0.25) is 0 Å². The normalized spacial score (nSPS) is 13.6. The molecule has 0 saturated carbocycles. The highest BCUT2D eigenvalue weighted by molar-refractivity contribution is 9.10. The van der Waals surface area contributed by atoms with E-state index in [4.69, 9.17) is 16.3 Å². The molecule has 1 atom stereocenters. The molecule has 118 valence electrons. The predicted octanol–water partition coefficient (Wildman–Crippen LogP) is 5.42. The first-order valence-corrected chi connectivity index (χ1v) is 8.50. The van der Waals surface area contributed by atoms with E-state index in [9.17, 15) is 4.79 Å². The summed E-state index contributed by atoms with van der Waals surface area (Å²) in [7, 11) is 0. The molecule has 0 bridgehead atoms. The minimum atomic E-state index is -0.724. The molecular weight excluding hydrogens is 354 g/mol. The Bertz CT molecular complexity index is 481. The fourth-order valence-corrected chi connectivity index (χ4v) is 2.62. The highest BCUT2D eigenvalue weighted by Crippen LogP contribution is 2.29. The van der Waals surface area contributed by atoms with Gasteiger partial charge >= 0.3 is 5.97 Å². The largest absolute Gasteiger partial charge is 0.464 e. The number of rotatable bonds is 8. The number of benzene rings is 1. The monoisotopic (exact) mass is 375 g/mol. The lowest BCUT2D eigenvalue weighted by Gasteiger charge is -2.29. The van der Waals surface area contributed by atoms with E-state index in [1.165, 1.54) is 0 Å². The van der Waals surface area contributed by atoms with Gasteiger partial charge in [0.15, 0.2) is 0 Å². The van der Waals surface area contributed by atoms with E-state index in [2.05, 4.69) is 28.2 Å². The third kappa shape index (κ3) is 5.51. The number of halogens is 2. The molecule has 0 heterocycles. The summed E-state index contributed by atoms with van der Waals surface area (Å²) in [6, 6.07) is 5.54. The van der Waals surface area contributed by atoms with Gasteiger partial charge in [0.05, 0.1) is 11.6 Å². The quantitative estimate of drug-likeness (QED) is 0.486. The second kappa shape index (κ2) is 8.64. The van der Waals surface area contributed by atoms with Gasteiger partial charge in [0.2, 0.25) is 0 Å². The van der Waals surface area contributed by atoms with Crippen LogP contribution < -0.4 is 5.32 Å². The Hall–Kier alpha value is -0.740. The molecule has 0 aromatic heterocycles. The third-order valence-electron chi connectivity index (χ3n) is 3.35. The van der Waals surface area contributed by atoms with Gasteiger partial charge in [-0.2, -0.15) is 0 Å². The number of anilines is 1. The highest BCUT2D eigenvalue weighted by atomic mass is 79.9. The van der Waals surface area contributed by atoms with Crippen molar-refractivity contribution in [3.8, 4) is 0 Å². The molecule has 0 spiro atoms. The molecule has 0 aliphatic carbocycles. The fraction of sp³-hybridized carbons (Fsp3) is 0.562. The Labute approximate surface area is 140 Å². The first kappa shape index (κ1) is 18.3. The van der Waals surface area contributed by atoms with Crippen LogP contribution in [-0.4, -0.2) is 18.1 Å². The molecule has 0 aliphatic heterocycles. The maximum absolute atomic E-state index is 12.3. The summed E-state index contributed by atoms with van der Waals surface area (Å²) < 4.78 is 6.02. The lowest BCUT2D eigenvalue weighted by molar-refractivity contribution is -0.148. The van der Waals surface area contributed by atoms with Crippen molar-refractivity contribution in [1.29, 1.82) is 0 Å². The van der Waals surface area contributed by atoms with Crippen molar-refractivity contribution < 1.29 is 9.53 Å². The summed E-state index contributed by atoms with van der Waals surface area (Å²) in [6.45, 7) is 6.24. The summed E-state index contributed by atoms with van der Waals surface area (Å²) >= 11 is 9.40. The zero-order chi connectivity index (χ0) is 15.9. The van der Waals surface area contributed by atoms with Crippen molar-refractivity contribution in [2.75, 3.05) is 11.9 Å². The average molecular weight is 377 g/mol. The van der Waals surface area contributed by atoms with E-state index in [1.54, 1.807) is 6.07 Å². The lowest BCUT2D eigenvalue weighted by atomic mass is 9.94. The smallest absolute Gasteiger partial charge is 0.331 e. The number of nitrogens with one attached hydrogen (secondary N) is 1. The van der Waals surface area contributed by atoms with Gasteiger partial charge in [-0.05, 0) is 54.4 Å². The molecule has 5 heteroatoms. The van der Waals surface area contributed by atoms with Gasteiger partial charge in [0, 0.05) is 10.2 Å². The van der Waals surface area contributed by atoms with Crippen molar-refractivity contribution in [2.24, 2.45) is 0 Å². The third-order valence-corrected chi connectivity index (χ3v) is 4.56. The van der Waals surface area contributed by atoms with Crippen LogP contribution in [0.15, 0.2) is 22.7 Å². The van der Waals surface area contributed by atoms with E-state index < -0.39 is 5.54 Å². The van der Waals surface area contributed by atoms with Crippen molar-refractivity contribution in [3.05, 3.63) is 27.7 Å². The molecule has 1 aromatic rings. The fourth-order valence-electron chi connectivity index (χ4n) is 2.13. The zero-order valence-corrected chi connectivity index (χ0v) is 15.2. The Kier molecular flexibility index (Phi) is 7.53. The molecular formula is C16H23BrClNO2. The Morgan fingerprint density at radius 3 is 2.67 bits per heavy atom. The molecule has 0 radical (unpaired) electrons. The van der Waals surface area contributed by atoms with Gasteiger partial charge in [0.1, 0.15) is 5.54 Å². The number of ether oxygens (including phenoxy) is 1. The summed E-state index contributed by atoms with van der Waals surface area (Å²) in [5.74, 6) is -0.216.